The third-order valence-electron chi connectivity index (χ3n) is 2.85. The summed E-state index contributed by atoms with van der Waals surface area (Å²) in [6.07, 6.45) is 5.77. The van der Waals surface area contributed by atoms with Crippen molar-refractivity contribution in [2.45, 2.75) is 33.1 Å². The van der Waals surface area contributed by atoms with Crippen LogP contribution in [0.4, 0.5) is 0 Å². The van der Waals surface area contributed by atoms with E-state index in [9.17, 15) is 0 Å². The van der Waals surface area contributed by atoms with Crippen LogP contribution in [0.2, 0.25) is 0 Å². The van der Waals surface area contributed by atoms with Crippen molar-refractivity contribution in [1.82, 2.24) is 15.5 Å². The molecule has 0 amide bonds. The van der Waals surface area contributed by atoms with Gasteiger partial charge in [0.2, 0.25) is 0 Å². The van der Waals surface area contributed by atoms with Crippen molar-refractivity contribution in [3.8, 4) is 0 Å². The van der Waals surface area contributed by atoms with Gasteiger partial charge in [-0.25, -0.2) is 0 Å². The minimum atomic E-state index is 0.923. The number of aliphatic imine (C=N–C) groups is 1. The first-order chi connectivity index (χ1) is 9.28. The van der Waals surface area contributed by atoms with E-state index < -0.39 is 0 Å². The number of nitrogens with zero attached hydrogens (tertiary/aromatic N) is 2. The molecule has 0 heterocycles. The van der Waals surface area contributed by atoms with E-state index in [1.165, 1.54) is 38.9 Å². The monoisotopic (exact) mass is 288 g/mol. The molecule has 0 atom stereocenters. The summed E-state index contributed by atoms with van der Waals surface area (Å²) >= 11 is 1.85. The van der Waals surface area contributed by atoms with Gasteiger partial charge in [0.05, 0.1) is 0 Å². The van der Waals surface area contributed by atoms with Crippen LogP contribution in [0, 0.1) is 0 Å². The molecule has 0 aromatic carbocycles. The summed E-state index contributed by atoms with van der Waals surface area (Å²) in [6.45, 7) is 10.1. The molecule has 19 heavy (non-hydrogen) atoms. The third-order valence-corrected chi connectivity index (χ3v) is 3.46. The lowest BCUT2D eigenvalue weighted by Crippen LogP contribution is -2.39. The molecule has 4 nitrogen and oxygen atoms in total. The molecular formula is C14H32N4S. The van der Waals surface area contributed by atoms with Crippen molar-refractivity contribution in [2.75, 3.05) is 51.8 Å². The first-order valence-electron chi connectivity index (χ1n) is 7.44. The molecule has 0 rings (SSSR count). The molecule has 0 aliphatic heterocycles. The molecule has 0 radical (unpaired) electrons. The lowest BCUT2D eigenvalue weighted by molar-refractivity contribution is 0.271. The van der Waals surface area contributed by atoms with Gasteiger partial charge in [-0.3, -0.25) is 4.99 Å². The van der Waals surface area contributed by atoms with Crippen LogP contribution < -0.4 is 10.6 Å². The van der Waals surface area contributed by atoms with Gasteiger partial charge in [0.25, 0.3) is 0 Å². The number of thioether (sulfide) groups is 1. The zero-order chi connectivity index (χ0) is 14.3. The molecule has 0 aromatic heterocycles. The Morgan fingerprint density at radius 3 is 2.21 bits per heavy atom. The molecule has 0 saturated heterocycles. The standard InChI is InChI=1S/C14H32N4S/c1-5-10-18(11-6-2)12-7-8-16-14(15-3)17-9-13-19-4/h5-13H2,1-4H3,(H2,15,16,17). The fraction of sp³-hybridized carbons (Fsp3) is 0.929. The lowest BCUT2D eigenvalue weighted by atomic mass is 10.3. The Balaban J connectivity index is 3.68. The minimum Gasteiger partial charge on any atom is -0.356 e. The third kappa shape index (κ3) is 11.1. The maximum absolute atomic E-state index is 4.22. The van der Waals surface area contributed by atoms with Crippen LogP contribution in [0.3, 0.4) is 0 Å². The van der Waals surface area contributed by atoms with Crippen LogP contribution in [0.1, 0.15) is 33.1 Å². The van der Waals surface area contributed by atoms with Crippen LogP contribution in [0.15, 0.2) is 4.99 Å². The Bertz CT molecular complexity index is 215. The molecule has 0 aliphatic carbocycles. The van der Waals surface area contributed by atoms with Gasteiger partial charge in [-0.05, 0) is 45.2 Å². The molecule has 2 N–H and O–H groups in total. The van der Waals surface area contributed by atoms with Gasteiger partial charge >= 0.3 is 0 Å². The van der Waals surface area contributed by atoms with Gasteiger partial charge < -0.3 is 15.5 Å². The number of rotatable bonds is 11. The first kappa shape index (κ1) is 18.6. The van der Waals surface area contributed by atoms with Crippen molar-refractivity contribution in [3.05, 3.63) is 0 Å². The van der Waals surface area contributed by atoms with E-state index >= 15 is 0 Å². The van der Waals surface area contributed by atoms with E-state index in [2.05, 4.69) is 40.6 Å². The van der Waals surface area contributed by atoms with Crippen LogP contribution in [-0.2, 0) is 0 Å². The van der Waals surface area contributed by atoms with E-state index in [1.54, 1.807) is 0 Å². The van der Waals surface area contributed by atoms with Gasteiger partial charge in [-0.15, -0.1) is 0 Å². The van der Waals surface area contributed by atoms with E-state index in [1.807, 2.05) is 18.8 Å². The number of nitrogens with one attached hydrogen (secondary N) is 2. The summed E-state index contributed by atoms with van der Waals surface area (Å²) in [5.74, 6) is 2.04. The zero-order valence-corrected chi connectivity index (χ0v) is 14.0. The molecule has 5 heteroatoms. The van der Waals surface area contributed by atoms with Crippen molar-refractivity contribution in [2.24, 2.45) is 4.99 Å². The van der Waals surface area contributed by atoms with E-state index in [4.69, 9.17) is 0 Å². The number of hydrogen-bond donors (Lipinski definition) is 2. The molecule has 0 fully saturated rings. The fourth-order valence-electron chi connectivity index (χ4n) is 1.97. The predicted octanol–water partition coefficient (Wildman–Crippen LogP) is 2.03. The Morgan fingerprint density at radius 2 is 1.68 bits per heavy atom. The zero-order valence-electron chi connectivity index (χ0n) is 13.2. The van der Waals surface area contributed by atoms with Crippen LogP contribution >= 0.6 is 11.8 Å². The molecule has 0 unspecified atom stereocenters. The number of guanidine groups is 1. The van der Waals surface area contributed by atoms with Crippen LogP contribution in [0.5, 0.6) is 0 Å². The largest absolute Gasteiger partial charge is 0.356 e. The molecule has 0 spiro atoms. The lowest BCUT2D eigenvalue weighted by Gasteiger charge is -2.21. The highest BCUT2D eigenvalue weighted by atomic mass is 32.2. The van der Waals surface area contributed by atoms with Crippen molar-refractivity contribution >= 4 is 17.7 Å². The summed E-state index contributed by atoms with van der Waals surface area (Å²) in [6, 6.07) is 0. The second kappa shape index (κ2) is 14.0. The fourth-order valence-corrected chi connectivity index (χ4v) is 2.28. The van der Waals surface area contributed by atoms with E-state index in [0.717, 1.165) is 24.8 Å². The highest BCUT2D eigenvalue weighted by Crippen LogP contribution is 1.95. The summed E-state index contributed by atoms with van der Waals surface area (Å²) in [5, 5.41) is 6.68. The molecular weight excluding hydrogens is 256 g/mol. The first-order valence-corrected chi connectivity index (χ1v) is 8.83. The van der Waals surface area contributed by atoms with Crippen molar-refractivity contribution in [3.63, 3.8) is 0 Å². The Morgan fingerprint density at radius 1 is 1.05 bits per heavy atom. The summed E-state index contributed by atoms with van der Waals surface area (Å²) in [7, 11) is 1.83. The second-order valence-electron chi connectivity index (χ2n) is 4.61. The maximum atomic E-state index is 4.22. The topological polar surface area (TPSA) is 39.7 Å². The molecule has 0 bridgehead atoms. The van der Waals surface area contributed by atoms with Gasteiger partial charge in [-0.2, -0.15) is 11.8 Å². The number of hydrogen-bond acceptors (Lipinski definition) is 3. The van der Waals surface area contributed by atoms with Crippen molar-refractivity contribution in [1.29, 1.82) is 0 Å². The molecule has 0 saturated carbocycles. The van der Waals surface area contributed by atoms with Gasteiger partial charge in [-0.1, -0.05) is 13.8 Å². The average Bonchev–Trinajstić information content (AvgIpc) is 2.42. The van der Waals surface area contributed by atoms with E-state index in [0.29, 0.717) is 0 Å². The smallest absolute Gasteiger partial charge is 0.191 e. The normalized spacial score (nSPS) is 11.9. The Kier molecular flexibility index (Phi) is 13.7. The highest BCUT2D eigenvalue weighted by Gasteiger charge is 2.02. The quantitative estimate of drug-likeness (QED) is 0.347. The van der Waals surface area contributed by atoms with Crippen LogP contribution in [0.25, 0.3) is 0 Å². The molecule has 0 aliphatic rings. The van der Waals surface area contributed by atoms with Gasteiger partial charge in [0, 0.05) is 25.9 Å². The van der Waals surface area contributed by atoms with Gasteiger partial charge in [0.1, 0.15) is 0 Å². The maximum Gasteiger partial charge on any atom is 0.191 e. The summed E-state index contributed by atoms with van der Waals surface area (Å²) < 4.78 is 0. The predicted molar refractivity (Wildman–Crippen MR) is 89.4 cm³/mol. The Labute approximate surface area is 123 Å². The molecule has 0 aromatic rings. The second-order valence-corrected chi connectivity index (χ2v) is 5.60. The van der Waals surface area contributed by atoms with Crippen molar-refractivity contribution < 1.29 is 0 Å². The highest BCUT2D eigenvalue weighted by molar-refractivity contribution is 7.98. The minimum absolute atomic E-state index is 0.923. The summed E-state index contributed by atoms with van der Waals surface area (Å²) in [5.41, 5.74) is 0. The molecule has 114 valence electrons. The van der Waals surface area contributed by atoms with E-state index in [-0.39, 0.29) is 0 Å². The summed E-state index contributed by atoms with van der Waals surface area (Å²) in [4.78, 5) is 6.77. The SMILES string of the molecule is CCCN(CCC)CCCNC(=NC)NCCSC. The average molecular weight is 289 g/mol. The van der Waals surface area contributed by atoms with Gasteiger partial charge in [0.15, 0.2) is 5.96 Å². The van der Waals surface area contributed by atoms with Crippen LogP contribution in [-0.4, -0.2) is 62.6 Å². The Hall–Kier alpha value is -0.420.